The second-order valence-electron chi connectivity index (χ2n) is 7.82. The predicted molar refractivity (Wildman–Crippen MR) is 112 cm³/mol. The zero-order chi connectivity index (χ0) is 19.2. The summed E-state index contributed by atoms with van der Waals surface area (Å²) < 4.78 is 10.9. The molecule has 1 aromatic carbocycles. The molecule has 1 aliphatic carbocycles. The molecule has 0 amide bonds. The molecular formula is C22H28ClN3O2. The highest BCUT2D eigenvalue weighted by Crippen LogP contribution is 2.48. The van der Waals surface area contributed by atoms with Crippen LogP contribution in [0.15, 0.2) is 52.1 Å². The fourth-order valence-corrected chi connectivity index (χ4v) is 3.85. The van der Waals surface area contributed by atoms with Gasteiger partial charge >= 0.3 is 0 Å². The maximum atomic E-state index is 6.20. The van der Waals surface area contributed by atoms with Crippen LogP contribution in [0.1, 0.15) is 30.6 Å². The van der Waals surface area contributed by atoms with E-state index in [1.165, 1.54) is 5.56 Å². The first-order valence-corrected chi connectivity index (χ1v) is 10.5. The van der Waals surface area contributed by atoms with E-state index >= 15 is 0 Å². The van der Waals surface area contributed by atoms with Crippen molar-refractivity contribution in [3.8, 4) is 0 Å². The van der Waals surface area contributed by atoms with Gasteiger partial charge in [0.25, 0.3) is 0 Å². The SMILES string of the molecule is Clc1cccc(C2(CN=C(NCCc3ccco3)NCC3CCOC3)CC2)c1. The zero-order valence-electron chi connectivity index (χ0n) is 16.1. The van der Waals surface area contributed by atoms with Crippen molar-refractivity contribution in [2.45, 2.75) is 31.1 Å². The van der Waals surface area contributed by atoms with Crippen LogP contribution >= 0.6 is 11.6 Å². The molecule has 0 spiro atoms. The maximum Gasteiger partial charge on any atom is 0.191 e. The van der Waals surface area contributed by atoms with Crippen molar-refractivity contribution < 1.29 is 9.15 Å². The first-order chi connectivity index (χ1) is 13.7. The molecule has 2 heterocycles. The minimum absolute atomic E-state index is 0.136. The Morgan fingerprint density at radius 1 is 1.21 bits per heavy atom. The Balaban J connectivity index is 1.37. The lowest BCUT2D eigenvalue weighted by molar-refractivity contribution is 0.186. The van der Waals surface area contributed by atoms with Gasteiger partial charge in [0, 0.05) is 42.5 Å². The summed E-state index contributed by atoms with van der Waals surface area (Å²) in [4.78, 5) is 4.92. The van der Waals surface area contributed by atoms with Gasteiger partial charge in [0.05, 0.1) is 19.4 Å². The lowest BCUT2D eigenvalue weighted by Crippen LogP contribution is -2.41. The van der Waals surface area contributed by atoms with E-state index in [4.69, 9.17) is 25.7 Å². The van der Waals surface area contributed by atoms with Gasteiger partial charge in [-0.1, -0.05) is 23.7 Å². The molecule has 28 heavy (non-hydrogen) atoms. The van der Waals surface area contributed by atoms with Gasteiger partial charge in [-0.05, 0) is 49.1 Å². The molecule has 4 rings (SSSR count). The highest BCUT2D eigenvalue weighted by molar-refractivity contribution is 6.30. The van der Waals surface area contributed by atoms with E-state index in [0.717, 1.165) is 75.3 Å². The highest BCUT2D eigenvalue weighted by atomic mass is 35.5. The summed E-state index contributed by atoms with van der Waals surface area (Å²) in [5.74, 6) is 2.40. The molecule has 1 saturated carbocycles. The Bertz CT molecular complexity index is 781. The predicted octanol–water partition coefficient (Wildman–Crippen LogP) is 3.78. The fourth-order valence-electron chi connectivity index (χ4n) is 3.66. The number of furan rings is 1. The second-order valence-corrected chi connectivity index (χ2v) is 8.26. The molecule has 5 nitrogen and oxygen atoms in total. The normalized spacial score (nSPS) is 20.9. The minimum atomic E-state index is 0.136. The van der Waals surface area contributed by atoms with Crippen LogP contribution in [-0.4, -0.2) is 38.8 Å². The summed E-state index contributed by atoms with van der Waals surface area (Å²) in [7, 11) is 0. The number of aliphatic imine (C=N–C) groups is 1. The van der Waals surface area contributed by atoms with Gasteiger partial charge in [-0.15, -0.1) is 0 Å². The summed E-state index contributed by atoms with van der Waals surface area (Å²) >= 11 is 6.20. The van der Waals surface area contributed by atoms with Gasteiger partial charge in [0.15, 0.2) is 5.96 Å². The molecule has 2 aliphatic rings. The lowest BCUT2D eigenvalue weighted by atomic mass is 9.96. The van der Waals surface area contributed by atoms with Gasteiger partial charge < -0.3 is 19.8 Å². The molecular weight excluding hydrogens is 374 g/mol. The van der Waals surface area contributed by atoms with Crippen LogP contribution in [-0.2, 0) is 16.6 Å². The van der Waals surface area contributed by atoms with E-state index in [1.54, 1.807) is 6.26 Å². The van der Waals surface area contributed by atoms with Crippen LogP contribution in [0.4, 0.5) is 0 Å². The molecule has 6 heteroatoms. The maximum absolute atomic E-state index is 6.20. The van der Waals surface area contributed by atoms with Gasteiger partial charge in [-0.25, -0.2) is 0 Å². The molecule has 1 saturated heterocycles. The van der Waals surface area contributed by atoms with E-state index in [9.17, 15) is 0 Å². The summed E-state index contributed by atoms with van der Waals surface area (Å²) in [6.45, 7) is 4.13. The highest BCUT2D eigenvalue weighted by Gasteiger charge is 2.44. The molecule has 1 aromatic heterocycles. The van der Waals surface area contributed by atoms with Crippen LogP contribution in [0.2, 0.25) is 5.02 Å². The smallest absolute Gasteiger partial charge is 0.191 e. The molecule has 2 fully saturated rings. The number of nitrogens with zero attached hydrogens (tertiary/aromatic N) is 1. The van der Waals surface area contributed by atoms with Crippen molar-refractivity contribution in [2.24, 2.45) is 10.9 Å². The number of ether oxygens (including phenoxy) is 1. The third-order valence-corrected chi connectivity index (χ3v) is 5.89. The average Bonchev–Trinajstić information content (AvgIpc) is 3.09. The molecule has 2 aromatic rings. The quantitative estimate of drug-likeness (QED) is 0.522. The zero-order valence-corrected chi connectivity index (χ0v) is 16.9. The van der Waals surface area contributed by atoms with Crippen LogP contribution < -0.4 is 10.6 Å². The van der Waals surface area contributed by atoms with Crippen molar-refractivity contribution in [1.82, 2.24) is 10.6 Å². The van der Waals surface area contributed by atoms with Gasteiger partial charge in [0.1, 0.15) is 5.76 Å². The Morgan fingerprint density at radius 3 is 2.86 bits per heavy atom. The van der Waals surface area contributed by atoms with Crippen LogP contribution in [0.25, 0.3) is 0 Å². The molecule has 150 valence electrons. The first kappa shape index (κ1) is 19.3. The van der Waals surface area contributed by atoms with Crippen molar-refractivity contribution in [2.75, 3.05) is 32.8 Å². The molecule has 0 bridgehead atoms. The molecule has 1 unspecified atom stereocenters. The van der Waals surface area contributed by atoms with E-state index in [2.05, 4.69) is 22.8 Å². The summed E-state index contributed by atoms with van der Waals surface area (Å²) in [5.41, 5.74) is 1.43. The van der Waals surface area contributed by atoms with Gasteiger partial charge in [0.2, 0.25) is 0 Å². The topological polar surface area (TPSA) is 58.8 Å². The van der Waals surface area contributed by atoms with E-state index in [1.807, 2.05) is 24.3 Å². The van der Waals surface area contributed by atoms with E-state index in [0.29, 0.717) is 5.92 Å². The third-order valence-electron chi connectivity index (χ3n) is 5.66. The van der Waals surface area contributed by atoms with Crippen molar-refractivity contribution in [3.63, 3.8) is 0 Å². The number of halogens is 1. The Labute approximate surface area is 171 Å². The van der Waals surface area contributed by atoms with Crippen LogP contribution in [0.5, 0.6) is 0 Å². The Kier molecular flexibility index (Phi) is 6.23. The van der Waals surface area contributed by atoms with Crippen LogP contribution in [0, 0.1) is 5.92 Å². The lowest BCUT2D eigenvalue weighted by Gasteiger charge is -2.18. The molecule has 1 atom stereocenters. The Hall–Kier alpha value is -1.98. The summed E-state index contributed by atoms with van der Waals surface area (Å²) in [6, 6.07) is 12.1. The second kappa shape index (κ2) is 9.01. The third kappa shape index (κ3) is 5.09. The average molecular weight is 402 g/mol. The number of hydrogen-bond donors (Lipinski definition) is 2. The largest absolute Gasteiger partial charge is 0.469 e. The van der Waals surface area contributed by atoms with E-state index in [-0.39, 0.29) is 5.41 Å². The van der Waals surface area contributed by atoms with Gasteiger partial charge in [-0.3, -0.25) is 4.99 Å². The Morgan fingerprint density at radius 2 is 2.14 bits per heavy atom. The fraction of sp³-hybridized carbons (Fsp3) is 0.500. The number of hydrogen-bond acceptors (Lipinski definition) is 3. The number of rotatable bonds is 8. The van der Waals surface area contributed by atoms with Crippen molar-refractivity contribution in [1.29, 1.82) is 0 Å². The van der Waals surface area contributed by atoms with Gasteiger partial charge in [-0.2, -0.15) is 0 Å². The van der Waals surface area contributed by atoms with Crippen molar-refractivity contribution >= 4 is 17.6 Å². The summed E-state index contributed by atoms with van der Waals surface area (Å²) in [5, 5.41) is 7.76. The summed E-state index contributed by atoms with van der Waals surface area (Å²) in [6.07, 6.45) is 5.98. The number of guanidine groups is 1. The van der Waals surface area contributed by atoms with E-state index < -0.39 is 0 Å². The number of benzene rings is 1. The molecule has 2 N–H and O–H groups in total. The monoisotopic (exact) mass is 401 g/mol. The molecule has 1 aliphatic heterocycles. The number of nitrogens with one attached hydrogen (secondary N) is 2. The van der Waals surface area contributed by atoms with Crippen LogP contribution in [0.3, 0.4) is 0 Å². The molecule has 0 radical (unpaired) electrons. The minimum Gasteiger partial charge on any atom is -0.469 e. The van der Waals surface area contributed by atoms with Crippen molar-refractivity contribution in [3.05, 3.63) is 59.0 Å². The first-order valence-electron chi connectivity index (χ1n) is 10.1. The standard InChI is InChI=1S/C22H28ClN3O2/c23-19-4-1-3-18(13-19)22(8-9-22)16-26-21(25-14-17-7-12-27-15-17)24-10-6-20-5-2-11-28-20/h1-5,11,13,17H,6-10,12,14-16H2,(H2,24,25,26).